The summed E-state index contributed by atoms with van der Waals surface area (Å²) in [4.78, 5) is 17.5. The largest absolute Gasteiger partial charge is 0.573 e. The van der Waals surface area contributed by atoms with Gasteiger partial charge >= 0.3 is 6.36 Å². The first-order valence-corrected chi connectivity index (χ1v) is 11.4. The van der Waals surface area contributed by atoms with Crippen LogP contribution in [0.1, 0.15) is 34.1 Å². The number of ether oxygens (including phenoxy) is 1. The van der Waals surface area contributed by atoms with Crippen molar-refractivity contribution in [3.63, 3.8) is 0 Å². The number of para-hydroxylation sites is 1. The highest BCUT2D eigenvalue weighted by Crippen LogP contribution is 2.28. The zero-order chi connectivity index (χ0) is 25.8. The van der Waals surface area contributed by atoms with Gasteiger partial charge in [-0.2, -0.15) is 4.98 Å². The first-order chi connectivity index (χ1) is 16.3. The Bertz CT molecular complexity index is 1140. The number of rotatable bonds is 9. The maximum absolute atomic E-state index is 13.1. The minimum Gasteiger partial charge on any atom is -0.422 e. The number of halogens is 4. The van der Waals surface area contributed by atoms with Gasteiger partial charge in [0.15, 0.2) is 5.58 Å². The van der Waals surface area contributed by atoms with Crippen LogP contribution in [0, 0.1) is 5.41 Å². The Morgan fingerprint density at radius 2 is 1.83 bits per heavy atom. The summed E-state index contributed by atoms with van der Waals surface area (Å²) in [6.07, 6.45) is -4.23. The lowest BCUT2D eigenvalue weighted by Gasteiger charge is -2.27. The molecule has 1 heterocycles. The van der Waals surface area contributed by atoms with Crippen LogP contribution < -0.4 is 20.7 Å². The number of alkyl halides is 3. The fourth-order valence-corrected chi connectivity index (χ4v) is 3.60. The fraction of sp³-hybridized carbons (Fsp3) is 0.417. The number of oxazole rings is 1. The van der Waals surface area contributed by atoms with Gasteiger partial charge in [0.1, 0.15) is 17.3 Å². The van der Waals surface area contributed by atoms with Gasteiger partial charge in [-0.25, -0.2) is 0 Å². The molecule has 0 unspecified atom stereocenters. The standard InChI is InChI=1S/C24H28ClF3N4O3/c1-14(13-29-15-8-10-16(11-9-15)35-24(26,27)28)30-21(33)19(12-23(2,3)4)32-22-31-18-7-5-6-17(25)20(18)34-22/h5-11,14,19,29H,12-13H2,1-4H3,(H,30,33)(H,31,32)/t14-,19-/m0/s1. The molecule has 0 saturated heterocycles. The third-order valence-corrected chi connectivity index (χ3v) is 5.18. The molecule has 0 aliphatic heterocycles. The molecule has 3 N–H and O–H groups in total. The molecule has 0 saturated carbocycles. The smallest absolute Gasteiger partial charge is 0.422 e. The summed E-state index contributed by atoms with van der Waals surface area (Å²) >= 11 is 6.16. The fourth-order valence-electron chi connectivity index (χ4n) is 3.39. The van der Waals surface area contributed by atoms with Gasteiger partial charge in [0, 0.05) is 18.3 Å². The number of carbonyl (C=O) groups excluding carboxylic acids is 1. The highest BCUT2D eigenvalue weighted by atomic mass is 35.5. The van der Waals surface area contributed by atoms with Crippen molar-refractivity contribution >= 4 is 40.3 Å². The van der Waals surface area contributed by atoms with Crippen LogP contribution in [0.5, 0.6) is 5.75 Å². The summed E-state index contributed by atoms with van der Waals surface area (Å²) < 4.78 is 46.5. The predicted octanol–water partition coefficient (Wildman–Crippen LogP) is 6.21. The van der Waals surface area contributed by atoms with Crippen molar-refractivity contribution in [3.05, 3.63) is 47.5 Å². The van der Waals surface area contributed by atoms with Crippen LogP contribution in [0.15, 0.2) is 46.9 Å². The minimum atomic E-state index is -4.74. The number of amides is 1. The Balaban J connectivity index is 1.60. The molecule has 1 amide bonds. The lowest BCUT2D eigenvalue weighted by molar-refractivity contribution is -0.274. The summed E-state index contributed by atoms with van der Waals surface area (Å²) in [5.41, 5.74) is 1.45. The van der Waals surface area contributed by atoms with Gasteiger partial charge in [-0.1, -0.05) is 38.4 Å². The van der Waals surface area contributed by atoms with E-state index in [4.69, 9.17) is 16.0 Å². The second-order valence-corrected chi connectivity index (χ2v) is 9.84. The van der Waals surface area contributed by atoms with E-state index < -0.39 is 12.4 Å². The summed E-state index contributed by atoms with van der Waals surface area (Å²) in [5.74, 6) is -0.544. The molecule has 2 aromatic carbocycles. The lowest BCUT2D eigenvalue weighted by Crippen LogP contribution is -2.47. The zero-order valence-corrected chi connectivity index (χ0v) is 20.6. The molecule has 0 spiro atoms. The number of aromatic nitrogens is 1. The second kappa shape index (κ2) is 10.6. The van der Waals surface area contributed by atoms with E-state index in [2.05, 4.69) is 25.7 Å². The lowest BCUT2D eigenvalue weighted by atomic mass is 9.87. The van der Waals surface area contributed by atoms with E-state index in [1.165, 1.54) is 24.3 Å². The van der Waals surface area contributed by atoms with Crippen LogP contribution in [0.2, 0.25) is 5.02 Å². The van der Waals surface area contributed by atoms with Gasteiger partial charge < -0.3 is 25.1 Å². The summed E-state index contributed by atoms with van der Waals surface area (Å²) in [7, 11) is 0. The van der Waals surface area contributed by atoms with Gasteiger partial charge in [0.25, 0.3) is 6.01 Å². The Labute approximate surface area is 206 Å². The Hall–Kier alpha value is -3.14. The van der Waals surface area contributed by atoms with Gasteiger partial charge in [-0.15, -0.1) is 13.2 Å². The zero-order valence-electron chi connectivity index (χ0n) is 19.8. The monoisotopic (exact) mass is 512 g/mol. The minimum absolute atomic E-state index is 0.166. The molecular formula is C24H28ClF3N4O3. The third-order valence-electron chi connectivity index (χ3n) is 4.89. The van der Waals surface area contributed by atoms with Crippen molar-refractivity contribution in [1.29, 1.82) is 0 Å². The van der Waals surface area contributed by atoms with Crippen LogP contribution in [0.25, 0.3) is 11.1 Å². The maximum atomic E-state index is 13.1. The third kappa shape index (κ3) is 8.24. The molecule has 35 heavy (non-hydrogen) atoms. The summed E-state index contributed by atoms with van der Waals surface area (Å²) in [6, 6.07) is 9.90. The molecule has 0 bridgehead atoms. The van der Waals surface area contributed by atoms with E-state index in [0.717, 1.165) is 0 Å². The molecule has 1 aromatic heterocycles. The van der Waals surface area contributed by atoms with Crippen molar-refractivity contribution in [2.75, 3.05) is 17.2 Å². The van der Waals surface area contributed by atoms with E-state index in [9.17, 15) is 18.0 Å². The topological polar surface area (TPSA) is 88.4 Å². The number of carbonyl (C=O) groups is 1. The van der Waals surface area contributed by atoms with Gasteiger partial charge in [0.2, 0.25) is 5.91 Å². The highest BCUT2D eigenvalue weighted by Gasteiger charge is 2.31. The molecular weight excluding hydrogens is 485 g/mol. The number of anilines is 2. The maximum Gasteiger partial charge on any atom is 0.573 e. The Morgan fingerprint density at radius 3 is 2.43 bits per heavy atom. The molecule has 0 aliphatic carbocycles. The average Bonchev–Trinajstić information content (AvgIpc) is 3.15. The highest BCUT2D eigenvalue weighted by molar-refractivity contribution is 6.34. The first kappa shape index (κ1) is 26.5. The van der Waals surface area contributed by atoms with Crippen molar-refractivity contribution in [3.8, 4) is 5.75 Å². The molecule has 3 aromatic rings. The second-order valence-electron chi connectivity index (χ2n) is 9.43. The van der Waals surface area contributed by atoms with Crippen molar-refractivity contribution in [2.24, 2.45) is 5.41 Å². The first-order valence-electron chi connectivity index (χ1n) is 11.0. The molecule has 11 heteroatoms. The molecule has 7 nitrogen and oxygen atoms in total. The molecule has 2 atom stereocenters. The number of benzene rings is 2. The van der Waals surface area contributed by atoms with Crippen LogP contribution in [0.4, 0.5) is 24.9 Å². The molecule has 0 aliphatic rings. The predicted molar refractivity (Wildman–Crippen MR) is 130 cm³/mol. The van der Waals surface area contributed by atoms with Crippen LogP contribution in [0.3, 0.4) is 0 Å². The van der Waals surface area contributed by atoms with E-state index in [1.54, 1.807) is 18.2 Å². The van der Waals surface area contributed by atoms with E-state index in [1.807, 2.05) is 27.7 Å². The Morgan fingerprint density at radius 1 is 1.14 bits per heavy atom. The van der Waals surface area contributed by atoms with Gasteiger partial charge in [0.05, 0.1) is 5.02 Å². The SMILES string of the molecule is C[C@@H](CNc1ccc(OC(F)(F)F)cc1)NC(=O)[C@H](CC(C)(C)C)Nc1nc2cccc(Cl)c2o1. The number of nitrogens with one attached hydrogen (secondary N) is 3. The van der Waals surface area contributed by atoms with Crippen LogP contribution in [-0.2, 0) is 4.79 Å². The average molecular weight is 513 g/mol. The summed E-state index contributed by atoms with van der Waals surface area (Å²) in [5, 5.41) is 9.54. The van der Waals surface area contributed by atoms with Crippen molar-refractivity contribution in [1.82, 2.24) is 10.3 Å². The molecule has 0 radical (unpaired) electrons. The van der Waals surface area contributed by atoms with Gasteiger partial charge in [-0.3, -0.25) is 4.79 Å². The normalized spacial score (nSPS) is 13.8. The van der Waals surface area contributed by atoms with Crippen molar-refractivity contribution in [2.45, 2.75) is 52.6 Å². The molecule has 0 fully saturated rings. The molecule has 190 valence electrons. The number of nitrogens with zero attached hydrogens (tertiary/aromatic N) is 1. The Kier molecular flexibility index (Phi) is 8.04. The van der Waals surface area contributed by atoms with E-state index in [0.29, 0.717) is 34.8 Å². The number of hydrogen-bond acceptors (Lipinski definition) is 6. The van der Waals surface area contributed by atoms with Crippen LogP contribution >= 0.6 is 11.6 Å². The number of fused-ring (bicyclic) bond motifs is 1. The number of hydrogen-bond donors (Lipinski definition) is 3. The van der Waals surface area contributed by atoms with Crippen molar-refractivity contribution < 1.29 is 27.1 Å². The van der Waals surface area contributed by atoms with Crippen LogP contribution in [-0.4, -0.2) is 35.9 Å². The molecule has 3 rings (SSSR count). The van der Waals surface area contributed by atoms with Gasteiger partial charge in [-0.05, 0) is 55.2 Å². The summed E-state index contributed by atoms with van der Waals surface area (Å²) in [6.45, 7) is 8.24. The van der Waals surface area contributed by atoms with E-state index in [-0.39, 0.29) is 29.1 Å². The quantitative estimate of drug-likeness (QED) is 0.316. The van der Waals surface area contributed by atoms with E-state index >= 15 is 0 Å².